The molecule has 0 bridgehead atoms. The lowest BCUT2D eigenvalue weighted by molar-refractivity contribution is -0.137. The highest BCUT2D eigenvalue weighted by atomic mass is 16.5. The Balaban J connectivity index is 1.83. The van der Waals surface area contributed by atoms with Crippen LogP contribution in [-0.2, 0) is 27.4 Å². The minimum Gasteiger partial charge on any atom is -0.481 e. The number of allylic oxidation sites excluding steroid dienone is 3. The van der Waals surface area contributed by atoms with Crippen LogP contribution in [0.4, 0.5) is 0 Å². The van der Waals surface area contributed by atoms with Gasteiger partial charge in [0.25, 0.3) is 0 Å². The smallest absolute Gasteiger partial charge is 0.303 e. The molecule has 0 saturated heterocycles. The molecule has 2 rings (SSSR count). The maximum Gasteiger partial charge on any atom is 0.303 e. The van der Waals surface area contributed by atoms with Crippen molar-refractivity contribution < 1.29 is 24.5 Å². The van der Waals surface area contributed by atoms with E-state index < -0.39 is 12.1 Å². The Hall–Kier alpha value is -2.24. The number of hydrogen-bond acceptors (Lipinski definition) is 4. The van der Waals surface area contributed by atoms with Crippen molar-refractivity contribution >= 4 is 11.8 Å². The number of unbranched alkanes of at least 4 members (excludes halogenated alkanes) is 1. The average molecular weight is 415 g/mol. The van der Waals surface area contributed by atoms with Gasteiger partial charge in [-0.2, -0.15) is 0 Å². The number of rotatable bonds is 13. The Morgan fingerprint density at radius 1 is 1.30 bits per heavy atom. The number of carboxylic acid groups (broad SMARTS) is 1. The Morgan fingerprint density at radius 3 is 2.87 bits per heavy atom. The Labute approximate surface area is 179 Å². The monoisotopic (exact) mass is 414 g/mol. The van der Waals surface area contributed by atoms with E-state index in [0.717, 1.165) is 24.0 Å². The van der Waals surface area contributed by atoms with Crippen LogP contribution in [0.15, 0.2) is 48.6 Å². The molecule has 1 aromatic rings. The highest BCUT2D eigenvalue weighted by Crippen LogP contribution is 2.33. The molecule has 164 valence electrons. The van der Waals surface area contributed by atoms with Crippen molar-refractivity contribution in [3.8, 4) is 0 Å². The molecule has 1 aliphatic rings. The summed E-state index contributed by atoms with van der Waals surface area (Å²) in [6.45, 7) is 3.22. The summed E-state index contributed by atoms with van der Waals surface area (Å²) in [5.74, 6) is -0.393. The summed E-state index contributed by atoms with van der Waals surface area (Å²) < 4.78 is 5.44. The minimum atomic E-state index is -0.779. The molecule has 1 aliphatic carbocycles. The maximum absolute atomic E-state index is 12.2. The molecule has 5 nitrogen and oxygen atoms in total. The molecule has 0 amide bonds. The van der Waals surface area contributed by atoms with Gasteiger partial charge >= 0.3 is 5.97 Å². The van der Waals surface area contributed by atoms with E-state index >= 15 is 0 Å². The largest absolute Gasteiger partial charge is 0.481 e. The van der Waals surface area contributed by atoms with Crippen LogP contribution >= 0.6 is 0 Å². The zero-order valence-electron chi connectivity index (χ0n) is 17.8. The molecule has 0 unspecified atom stereocenters. The molecule has 0 aliphatic heterocycles. The van der Waals surface area contributed by atoms with Crippen LogP contribution in [0.1, 0.15) is 56.6 Å². The number of aliphatic hydroxyl groups excluding tert-OH is 1. The number of benzene rings is 1. The van der Waals surface area contributed by atoms with Crippen LogP contribution in [0.3, 0.4) is 0 Å². The zero-order valence-corrected chi connectivity index (χ0v) is 17.8. The standard InChI is InChI=1S/C25H34O5/c1-2-30-18-20-9-7-8-19(16-20)17-22(26)14-12-21-13-15-24(27)23(21)10-5-3-4-6-11-25(28)29/h3,5,7-9,12,14,16,21-23,26H,2,4,6,10-11,13,15,17-18H2,1H3,(H,28,29)/t21-,22+,23+/m0/s1. The number of aliphatic carboxylic acids is 1. The van der Waals surface area contributed by atoms with Crippen LogP contribution in [0, 0.1) is 11.8 Å². The summed E-state index contributed by atoms with van der Waals surface area (Å²) in [4.78, 5) is 22.8. The van der Waals surface area contributed by atoms with Gasteiger partial charge in [-0.15, -0.1) is 0 Å². The SMILES string of the molecule is CCOCc1cccc(C[C@H](O)C=C[C@H]2CCC(=O)[C@@H]2CC=CCCCC(=O)O)c1. The Morgan fingerprint density at radius 2 is 2.10 bits per heavy atom. The Bertz CT molecular complexity index is 737. The summed E-state index contributed by atoms with van der Waals surface area (Å²) in [6.07, 6.45) is 11.3. The van der Waals surface area contributed by atoms with Crippen LogP contribution in [0.2, 0.25) is 0 Å². The van der Waals surface area contributed by atoms with Crippen molar-refractivity contribution in [3.63, 3.8) is 0 Å². The van der Waals surface area contributed by atoms with Gasteiger partial charge in [0, 0.05) is 31.8 Å². The molecular formula is C25H34O5. The van der Waals surface area contributed by atoms with Crippen LogP contribution in [0.5, 0.6) is 0 Å². The van der Waals surface area contributed by atoms with Crippen LogP contribution < -0.4 is 0 Å². The molecule has 0 radical (unpaired) electrons. The van der Waals surface area contributed by atoms with Gasteiger partial charge in [-0.05, 0) is 49.7 Å². The molecule has 1 saturated carbocycles. The maximum atomic E-state index is 12.2. The molecule has 0 heterocycles. The van der Waals surface area contributed by atoms with E-state index in [1.807, 2.05) is 49.4 Å². The van der Waals surface area contributed by atoms with Crippen molar-refractivity contribution in [1.82, 2.24) is 0 Å². The quantitative estimate of drug-likeness (QED) is 0.367. The van der Waals surface area contributed by atoms with Gasteiger partial charge in [-0.1, -0.05) is 48.6 Å². The number of carbonyl (C=O) groups is 2. The van der Waals surface area contributed by atoms with Crippen molar-refractivity contribution in [2.75, 3.05) is 6.61 Å². The van der Waals surface area contributed by atoms with E-state index in [0.29, 0.717) is 38.9 Å². The van der Waals surface area contributed by atoms with Crippen molar-refractivity contribution in [3.05, 3.63) is 59.7 Å². The molecule has 1 fully saturated rings. The topological polar surface area (TPSA) is 83.8 Å². The lowest BCUT2D eigenvalue weighted by atomic mass is 9.91. The van der Waals surface area contributed by atoms with Gasteiger partial charge in [-0.25, -0.2) is 0 Å². The second kappa shape index (κ2) is 13.1. The molecular weight excluding hydrogens is 380 g/mol. The molecule has 5 heteroatoms. The number of carboxylic acids is 1. The van der Waals surface area contributed by atoms with E-state index in [-0.39, 0.29) is 24.0 Å². The third-order valence-corrected chi connectivity index (χ3v) is 5.46. The lowest BCUT2D eigenvalue weighted by Crippen LogP contribution is -2.14. The second-order valence-electron chi connectivity index (χ2n) is 7.88. The normalized spacial score (nSPS) is 20.4. The predicted molar refractivity (Wildman–Crippen MR) is 117 cm³/mol. The summed E-state index contributed by atoms with van der Waals surface area (Å²) >= 11 is 0. The summed E-state index contributed by atoms with van der Waals surface area (Å²) in [5, 5.41) is 19.1. The van der Waals surface area contributed by atoms with E-state index in [2.05, 4.69) is 6.07 Å². The molecule has 2 N–H and O–H groups in total. The molecule has 3 atom stereocenters. The average Bonchev–Trinajstić information content (AvgIpc) is 3.07. The number of hydrogen-bond donors (Lipinski definition) is 2. The first-order valence-corrected chi connectivity index (χ1v) is 10.9. The summed E-state index contributed by atoms with van der Waals surface area (Å²) in [7, 11) is 0. The summed E-state index contributed by atoms with van der Waals surface area (Å²) in [6, 6.07) is 8.06. The van der Waals surface area contributed by atoms with Gasteiger partial charge in [0.1, 0.15) is 5.78 Å². The van der Waals surface area contributed by atoms with Gasteiger partial charge in [0.2, 0.25) is 0 Å². The number of carbonyl (C=O) groups excluding carboxylic acids is 1. The number of aliphatic hydroxyl groups is 1. The first kappa shape index (κ1) is 24.0. The van der Waals surface area contributed by atoms with E-state index in [1.54, 1.807) is 0 Å². The van der Waals surface area contributed by atoms with Crippen LogP contribution in [0.25, 0.3) is 0 Å². The van der Waals surface area contributed by atoms with Crippen LogP contribution in [-0.4, -0.2) is 34.7 Å². The third-order valence-electron chi connectivity index (χ3n) is 5.46. The lowest BCUT2D eigenvalue weighted by Gasteiger charge is -2.14. The highest BCUT2D eigenvalue weighted by Gasteiger charge is 2.31. The van der Waals surface area contributed by atoms with Gasteiger partial charge in [0.05, 0.1) is 12.7 Å². The highest BCUT2D eigenvalue weighted by molar-refractivity contribution is 5.83. The fourth-order valence-electron chi connectivity index (χ4n) is 3.85. The number of ketones is 1. The first-order chi connectivity index (χ1) is 14.5. The van der Waals surface area contributed by atoms with Crippen molar-refractivity contribution in [2.45, 2.75) is 64.6 Å². The molecule has 30 heavy (non-hydrogen) atoms. The van der Waals surface area contributed by atoms with E-state index in [4.69, 9.17) is 9.84 Å². The van der Waals surface area contributed by atoms with Crippen molar-refractivity contribution in [1.29, 1.82) is 0 Å². The van der Waals surface area contributed by atoms with Gasteiger partial charge in [-0.3, -0.25) is 9.59 Å². The fourth-order valence-corrected chi connectivity index (χ4v) is 3.85. The fraction of sp³-hybridized carbons (Fsp3) is 0.520. The number of ether oxygens (including phenoxy) is 1. The van der Waals surface area contributed by atoms with Crippen molar-refractivity contribution in [2.24, 2.45) is 11.8 Å². The molecule has 1 aromatic carbocycles. The van der Waals surface area contributed by atoms with Gasteiger partial charge < -0.3 is 14.9 Å². The number of Topliss-reactive ketones (excluding diaryl/α,β-unsaturated/α-hetero) is 1. The summed E-state index contributed by atoms with van der Waals surface area (Å²) in [5.41, 5.74) is 2.16. The molecule has 0 aromatic heterocycles. The molecule has 0 spiro atoms. The zero-order chi connectivity index (χ0) is 21.8. The Kier molecular flexibility index (Phi) is 10.5. The predicted octanol–water partition coefficient (Wildman–Crippen LogP) is 4.48. The van der Waals surface area contributed by atoms with Gasteiger partial charge in [0.15, 0.2) is 0 Å². The minimum absolute atomic E-state index is 0.0429. The van der Waals surface area contributed by atoms with E-state index in [1.165, 1.54) is 0 Å². The third kappa shape index (κ3) is 8.64. The first-order valence-electron chi connectivity index (χ1n) is 10.9. The van der Waals surface area contributed by atoms with E-state index in [9.17, 15) is 14.7 Å². The second-order valence-corrected chi connectivity index (χ2v) is 7.88.